The third kappa shape index (κ3) is 4.66. The number of likely N-dealkylation sites (tertiary alicyclic amines) is 1. The number of hydrogen-bond acceptors (Lipinski definition) is 4. The van der Waals surface area contributed by atoms with Crippen LogP contribution in [0.2, 0.25) is 0 Å². The minimum atomic E-state index is -0.401. The van der Waals surface area contributed by atoms with E-state index in [1.54, 1.807) is 0 Å². The molecule has 2 saturated heterocycles. The van der Waals surface area contributed by atoms with Crippen LogP contribution in [0.25, 0.3) is 0 Å². The molecule has 2 rings (SSSR count). The molecule has 0 aliphatic carbocycles. The van der Waals surface area contributed by atoms with Crippen molar-refractivity contribution in [2.45, 2.75) is 57.7 Å². The van der Waals surface area contributed by atoms with E-state index < -0.39 is 5.60 Å². The molecule has 0 saturated carbocycles. The van der Waals surface area contributed by atoms with E-state index in [9.17, 15) is 4.79 Å². The monoisotopic (exact) mass is 269 g/mol. The zero-order valence-corrected chi connectivity index (χ0v) is 12.4. The van der Waals surface area contributed by atoms with E-state index in [0.717, 1.165) is 39.0 Å². The summed E-state index contributed by atoms with van der Waals surface area (Å²) in [4.78, 5) is 13.8. The average molecular weight is 269 g/mol. The van der Waals surface area contributed by atoms with Crippen molar-refractivity contribution in [2.75, 3.05) is 26.2 Å². The summed E-state index contributed by atoms with van der Waals surface area (Å²) >= 11 is 0. The molecule has 2 aliphatic rings. The fourth-order valence-electron chi connectivity index (χ4n) is 2.69. The Morgan fingerprint density at radius 1 is 1.21 bits per heavy atom. The molecule has 0 aromatic heterocycles. The minimum Gasteiger partial charge on any atom is -0.444 e. The standard InChI is InChI=1S/C14H27N3O2/c1-14(2,3)19-13(18)17-8-5-11(6-9-17)16-12-4-7-15-10-12/h11-12,15-16H,4-10H2,1-3H3. The third-order valence-electron chi connectivity index (χ3n) is 3.68. The highest BCUT2D eigenvalue weighted by Gasteiger charge is 2.28. The van der Waals surface area contributed by atoms with Gasteiger partial charge in [-0.05, 0) is 46.6 Å². The molecule has 2 heterocycles. The van der Waals surface area contributed by atoms with Gasteiger partial charge in [-0.3, -0.25) is 0 Å². The van der Waals surface area contributed by atoms with Crippen LogP contribution in [0.1, 0.15) is 40.0 Å². The predicted molar refractivity (Wildman–Crippen MR) is 75.2 cm³/mol. The Morgan fingerprint density at radius 3 is 2.42 bits per heavy atom. The Bertz CT molecular complexity index is 300. The lowest BCUT2D eigenvalue weighted by Gasteiger charge is -2.34. The molecule has 0 bridgehead atoms. The minimum absolute atomic E-state index is 0.173. The predicted octanol–water partition coefficient (Wildman–Crippen LogP) is 1.34. The number of rotatable bonds is 2. The highest BCUT2D eigenvalue weighted by atomic mass is 16.6. The van der Waals surface area contributed by atoms with Gasteiger partial charge in [-0.25, -0.2) is 4.79 Å². The van der Waals surface area contributed by atoms with Crippen LogP contribution in [0, 0.1) is 0 Å². The first-order valence-corrected chi connectivity index (χ1v) is 7.39. The van der Waals surface area contributed by atoms with Crippen molar-refractivity contribution >= 4 is 6.09 Å². The molecule has 0 radical (unpaired) electrons. The maximum Gasteiger partial charge on any atom is 0.410 e. The summed E-state index contributed by atoms with van der Waals surface area (Å²) in [6, 6.07) is 1.15. The van der Waals surface area contributed by atoms with E-state index in [4.69, 9.17) is 4.74 Å². The van der Waals surface area contributed by atoms with Gasteiger partial charge < -0.3 is 20.3 Å². The summed E-state index contributed by atoms with van der Waals surface area (Å²) < 4.78 is 5.40. The number of ether oxygens (including phenoxy) is 1. The van der Waals surface area contributed by atoms with Crippen molar-refractivity contribution in [1.82, 2.24) is 15.5 Å². The first-order valence-electron chi connectivity index (χ1n) is 7.39. The van der Waals surface area contributed by atoms with Crippen LogP contribution in [0.3, 0.4) is 0 Å². The topological polar surface area (TPSA) is 53.6 Å². The number of nitrogens with zero attached hydrogens (tertiary/aromatic N) is 1. The van der Waals surface area contributed by atoms with Gasteiger partial charge in [-0.15, -0.1) is 0 Å². The molecule has 1 unspecified atom stereocenters. The lowest BCUT2D eigenvalue weighted by molar-refractivity contribution is 0.0196. The maximum atomic E-state index is 11.9. The van der Waals surface area contributed by atoms with Crippen molar-refractivity contribution in [3.8, 4) is 0 Å². The molecule has 0 spiro atoms. The van der Waals surface area contributed by atoms with E-state index in [1.165, 1.54) is 6.42 Å². The number of carbonyl (C=O) groups is 1. The Balaban J connectivity index is 1.71. The van der Waals surface area contributed by atoms with Gasteiger partial charge in [0.2, 0.25) is 0 Å². The summed E-state index contributed by atoms with van der Waals surface area (Å²) in [5, 5.41) is 7.05. The first kappa shape index (κ1) is 14.6. The van der Waals surface area contributed by atoms with Crippen LogP contribution in [0.5, 0.6) is 0 Å². The van der Waals surface area contributed by atoms with Gasteiger partial charge in [0, 0.05) is 31.7 Å². The van der Waals surface area contributed by atoms with Crippen molar-refractivity contribution in [1.29, 1.82) is 0 Å². The van der Waals surface area contributed by atoms with Crippen LogP contribution in [-0.2, 0) is 4.74 Å². The quantitative estimate of drug-likeness (QED) is 0.794. The van der Waals surface area contributed by atoms with E-state index in [-0.39, 0.29) is 6.09 Å². The molecule has 2 fully saturated rings. The Morgan fingerprint density at radius 2 is 1.89 bits per heavy atom. The summed E-state index contributed by atoms with van der Waals surface area (Å²) in [5.74, 6) is 0. The molecule has 2 N–H and O–H groups in total. The number of amides is 1. The van der Waals surface area contributed by atoms with Gasteiger partial charge in [0.1, 0.15) is 5.60 Å². The molecule has 5 nitrogen and oxygen atoms in total. The van der Waals surface area contributed by atoms with E-state index >= 15 is 0 Å². The highest BCUT2D eigenvalue weighted by molar-refractivity contribution is 5.68. The second-order valence-electron chi connectivity index (χ2n) is 6.60. The molecular weight excluding hydrogens is 242 g/mol. The molecule has 0 aromatic rings. The fourth-order valence-corrected chi connectivity index (χ4v) is 2.69. The molecule has 1 amide bonds. The normalized spacial score (nSPS) is 25.6. The summed E-state index contributed by atoms with van der Waals surface area (Å²) in [6.45, 7) is 9.52. The van der Waals surface area contributed by atoms with Gasteiger partial charge in [-0.2, -0.15) is 0 Å². The van der Waals surface area contributed by atoms with Gasteiger partial charge in [0.05, 0.1) is 0 Å². The van der Waals surface area contributed by atoms with Gasteiger partial charge in [0.25, 0.3) is 0 Å². The zero-order chi connectivity index (χ0) is 13.9. The largest absolute Gasteiger partial charge is 0.444 e. The first-order chi connectivity index (χ1) is 8.94. The Labute approximate surface area is 116 Å². The van der Waals surface area contributed by atoms with Crippen LogP contribution in [0.4, 0.5) is 4.79 Å². The van der Waals surface area contributed by atoms with Crippen LogP contribution >= 0.6 is 0 Å². The van der Waals surface area contributed by atoms with E-state index in [2.05, 4.69) is 10.6 Å². The smallest absolute Gasteiger partial charge is 0.410 e. The summed E-state index contributed by atoms with van der Waals surface area (Å²) in [5.41, 5.74) is -0.401. The Kier molecular flexibility index (Phi) is 4.68. The third-order valence-corrected chi connectivity index (χ3v) is 3.68. The molecule has 5 heteroatoms. The molecule has 2 aliphatic heterocycles. The van der Waals surface area contributed by atoms with Crippen molar-refractivity contribution in [2.24, 2.45) is 0 Å². The molecule has 0 aromatic carbocycles. The van der Waals surface area contributed by atoms with Gasteiger partial charge >= 0.3 is 6.09 Å². The molecule has 110 valence electrons. The Hall–Kier alpha value is -0.810. The number of piperidine rings is 1. The van der Waals surface area contributed by atoms with Crippen molar-refractivity contribution < 1.29 is 9.53 Å². The van der Waals surface area contributed by atoms with Crippen LogP contribution < -0.4 is 10.6 Å². The van der Waals surface area contributed by atoms with Crippen molar-refractivity contribution in [3.05, 3.63) is 0 Å². The zero-order valence-electron chi connectivity index (χ0n) is 12.4. The van der Waals surface area contributed by atoms with Gasteiger partial charge in [0.15, 0.2) is 0 Å². The lowest BCUT2D eigenvalue weighted by Crippen LogP contribution is -2.49. The van der Waals surface area contributed by atoms with Crippen molar-refractivity contribution in [3.63, 3.8) is 0 Å². The van der Waals surface area contributed by atoms with Gasteiger partial charge in [-0.1, -0.05) is 0 Å². The van der Waals surface area contributed by atoms with Crippen LogP contribution in [-0.4, -0.2) is 54.9 Å². The second-order valence-corrected chi connectivity index (χ2v) is 6.60. The summed E-state index contributed by atoms with van der Waals surface area (Å²) in [6.07, 6.45) is 3.09. The number of hydrogen-bond donors (Lipinski definition) is 2. The molecule has 1 atom stereocenters. The molecular formula is C14H27N3O2. The van der Waals surface area contributed by atoms with Crippen LogP contribution in [0.15, 0.2) is 0 Å². The average Bonchev–Trinajstić information content (AvgIpc) is 2.80. The van der Waals surface area contributed by atoms with E-state index in [1.807, 2.05) is 25.7 Å². The number of carbonyl (C=O) groups excluding carboxylic acids is 1. The molecule has 19 heavy (non-hydrogen) atoms. The maximum absolute atomic E-state index is 11.9. The SMILES string of the molecule is CC(C)(C)OC(=O)N1CCC(NC2CCNC2)CC1. The fraction of sp³-hybridized carbons (Fsp3) is 0.929. The second kappa shape index (κ2) is 6.09. The lowest BCUT2D eigenvalue weighted by atomic mass is 10.0. The van der Waals surface area contributed by atoms with E-state index in [0.29, 0.717) is 12.1 Å². The summed E-state index contributed by atoms with van der Waals surface area (Å²) in [7, 11) is 0. The number of nitrogens with one attached hydrogen (secondary N) is 2. The highest BCUT2D eigenvalue weighted by Crippen LogP contribution is 2.16.